The fourth-order valence-electron chi connectivity index (χ4n) is 3.26. The number of thioether (sulfide) groups is 1. The van der Waals surface area contributed by atoms with Gasteiger partial charge in [-0.05, 0) is 29.5 Å². The lowest BCUT2D eigenvalue weighted by molar-refractivity contribution is -0.121. The number of nitrogens with one attached hydrogen (secondary N) is 3. The molecule has 3 N–H and O–H groups in total. The SMILES string of the molecule is CSc1ccc(CNC(=O)Cn2c(=O)[nH]c3c(-c4ccccc4)c[nH]c3c2=O)cc1. The zero-order valence-corrected chi connectivity index (χ0v) is 17.1. The molecular formula is C22H20N4O3S. The van der Waals surface area contributed by atoms with Crippen LogP contribution in [0.25, 0.3) is 22.2 Å². The van der Waals surface area contributed by atoms with Crippen LogP contribution in [0.2, 0.25) is 0 Å². The van der Waals surface area contributed by atoms with E-state index in [1.54, 1.807) is 18.0 Å². The number of aromatic nitrogens is 3. The summed E-state index contributed by atoms with van der Waals surface area (Å²) >= 11 is 1.64. The minimum absolute atomic E-state index is 0.258. The fraction of sp³-hybridized carbons (Fsp3) is 0.136. The Balaban J connectivity index is 1.55. The van der Waals surface area contributed by atoms with Crippen molar-refractivity contribution in [2.24, 2.45) is 0 Å². The molecule has 0 unspecified atom stereocenters. The molecule has 0 aliphatic carbocycles. The van der Waals surface area contributed by atoms with E-state index in [1.807, 2.05) is 60.9 Å². The molecule has 0 aliphatic heterocycles. The average Bonchev–Trinajstić information content (AvgIpc) is 3.20. The Kier molecular flexibility index (Phi) is 5.58. The van der Waals surface area contributed by atoms with Gasteiger partial charge in [-0.15, -0.1) is 11.8 Å². The van der Waals surface area contributed by atoms with Crippen LogP contribution in [-0.4, -0.2) is 26.7 Å². The Bertz CT molecular complexity index is 1300. The maximum absolute atomic E-state index is 12.8. The number of rotatable bonds is 6. The van der Waals surface area contributed by atoms with Gasteiger partial charge in [-0.2, -0.15) is 0 Å². The van der Waals surface area contributed by atoms with Crippen molar-refractivity contribution in [2.75, 3.05) is 6.26 Å². The Morgan fingerprint density at radius 3 is 2.47 bits per heavy atom. The van der Waals surface area contributed by atoms with Crippen molar-refractivity contribution in [3.05, 3.63) is 87.2 Å². The van der Waals surface area contributed by atoms with Gasteiger partial charge in [-0.1, -0.05) is 42.5 Å². The van der Waals surface area contributed by atoms with Gasteiger partial charge in [0.15, 0.2) is 0 Å². The first-order chi connectivity index (χ1) is 14.6. The van der Waals surface area contributed by atoms with Crippen molar-refractivity contribution in [1.82, 2.24) is 19.9 Å². The summed E-state index contributed by atoms with van der Waals surface area (Å²) in [5.41, 5.74) is 2.08. The summed E-state index contributed by atoms with van der Waals surface area (Å²) in [4.78, 5) is 44.5. The molecule has 152 valence electrons. The minimum atomic E-state index is -0.622. The first-order valence-corrected chi connectivity index (χ1v) is 10.6. The number of benzene rings is 2. The van der Waals surface area contributed by atoms with Crippen LogP contribution in [0.1, 0.15) is 5.56 Å². The molecule has 0 spiro atoms. The summed E-state index contributed by atoms with van der Waals surface area (Å²) in [5, 5.41) is 2.75. The van der Waals surface area contributed by atoms with Gasteiger partial charge < -0.3 is 15.3 Å². The first-order valence-electron chi connectivity index (χ1n) is 9.36. The molecule has 0 radical (unpaired) electrons. The van der Waals surface area contributed by atoms with Crippen LogP contribution in [0.4, 0.5) is 0 Å². The molecule has 2 heterocycles. The lowest BCUT2D eigenvalue weighted by Crippen LogP contribution is -2.40. The Hall–Kier alpha value is -3.52. The maximum Gasteiger partial charge on any atom is 0.329 e. The summed E-state index contributed by atoms with van der Waals surface area (Å²) in [5.74, 6) is -0.411. The molecule has 30 heavy (non-hydrogen) atoms. The molecule has 4 rings (SSSR count). The molecule has 8 heteroatoms. The molecule has 2 aromatic carbocycles. The van der Waals surface area contributed by atoms with Crippen molar-refractivity contribution >= 4 is 28.7 Å². The van der Waals surface area contributed by atoms with E-state index in [9.17, 15) is 14.4 Å². The van der Waals surface area contributed by atoms with Crippen LogP contribution in [0, 0.1) is 0 Å². The predicted molar refractivity (Wildman–Crippen MR) is 119 cm³/mol. The second kappa shape index (κ2) is 8.46. The van der Waals surface area contributed by atoms with Gasteiger partial charge in [0, 0.05) is 23.2 Å². The summed E-state index contributed by atoms with van der Waals surface area (Å²) < 4.78 is 0.903. The fourth-order valence-corrected chi connectivity index (χ4v) is 3.66. The van der Waals surface area contributed by atoms with Crippen LogP contribution in [0.5, 0.6) is 0 Å². The molecule has 0 atom stereocenters. The van der Waals surface area contributed by atoms with E-state index in [0.29, 0.717) is 12.1 Å². The monoisotopic (exact) mass is 420 g/mol. The van der Waals surface area contributed by atoms with E-state index in [-0.39, 0.29) is 12.1 Å². The molecule has 0 fully saturated rings. The molecule has 0 saturated heterocycles. The zero-order chi connectivity index (χ0) is 21.1. The van der Waals surface area contributed by atoms with Crippen molar-refractivity contribution in [3.8, 4) is 11.1 Å². The lowest BCUT2D eigenvalue weighted by Gasteiger charge is -2.08. The van der Waals surface area contributed by atoms with Gasteiger partial charge in [0.2, 0.25) is 5.91 Å². The third kappa shape index (κ3) is 3.95. The van der Waals surface area contributed by atoms with Crippen LogP contribution in [0.15, 0.2) is 75.3 Å². The van der Waals surface area contributed by atoms with Gasteiger partial charge >= 0.3 is 5.69 Å². The second-order valence-electron chi connectivity index (χ2n) is 6.76. The van der Waals surface area contributed by atoms with Crippen LogP contribution >= 0.6 is 11.8 Å². The van der Waals surface area contributed by atoms with E-state index in [4.69, 9.17) is 0 Å². The number of H-pyrrole nitrogens is 2. The number of hydrogen-bond donors (Lipinski definition) is 3. The van der Waals surface area contributed by atoms with Crippen LogP contribution in [0.3, 0.4) is 0 Å². The number of carbonyl (C=O) groups is 1. The zero-order valence-electron chi connectivity index (χ0n) is 16.3. The molecule has 0 aliphatic rings. The minimum Gasteiger partial charge on any atom is -0.355 e. The van der Waals surface area contributed by atoms with E-state index < -0.39 is 17.2 Å². The maximum atomic E-state index is 12.8. The number of carbonyl (C=O) groups excluding carboxylic acids is 1. The summed E-state index contributed by atoms with van der Waals surface area (Å²) in [6, 6.07) is 17.3. The lowest BCUT2D eigenvalue weighted by atomic mass is 10.1. The Morgan fingerprint density at radius 2 is 1.77 bits per heavy atom. The van der Waals surface area contributed by atoms with E-state index in [2.05, 4.69) is 15.3 Å². The average molecular weight is 420 g/mol. The van der Waals surface area contributed by atoms with Gasteiger partial charge in [-0.25, -0.2) is 9.36 Å². The first kappa shape index (κ1) is 19.8. The topological polar surface area (TPSA) is 99.8 Å². The third-order valence-corrected chi connectivity index (χ3v) is 5.60. The van der Waals surface area contributed by atoms with Crippen LogP contribution in [-0.2, 0) is 17.9 Å². The molecule has 2 aromatic heterocycles. The van der Waals surface area contributed by atoms with E-state index in [1.165, 1.54) is 0 Å². The van der Waals surface area contributed by atoms with Crippen LogP contribution < -0.4 is 16.6 Å². The highest BCUT2D eigenvalue weighted by Crippen LogP contribution is 2.24. The highest BCUT2D eigenvalue weighted by atomic mass is 32.2. The van der Waals surface area contributed by atoms with Crippen molar-refractivity contribution in [1.29, 1.82) is 0 Å². The highest BCUT2D eigenvalue weighted by Gasteiger charge is 2.15. The number of hydrogen-bond acceptors (Lipinski definition) is 4. The molecule has 0 bridgehead atoms. The molecular weight excluding hydrogens is 400 g/mol. The summed E-state index contributed by atoms with van der Waals surface area (Å²) in [6.07, 6.45) is 3.68. The summed E-state index contributed by atoms with van der Waals surface area (Å²) in [6.45, 7) is -0.0320. The van der Waals surface area contributed by atoms with Gasteiger partial charge in [0.25, 0.3) is 5.56 Å². The number of nitrogens with zero attached hydrogens (tertiary/aromatic N) is 1. The van der Waals surface area contributed by atoms with E-state index >= 15 is 0 Å². The summed E-state index contributed by atoms with van der Waals surface area (Å²) in [7, 11) is 0. The highest BCUT2D eigenvalue weighted by molar-refractivity contribution is 7.98. The normalized spacial score (nSPS) is 11.0. The quantitative estimate of drug-likeness (QED) is 0.418. The predicted octanol–water partition coefficient (Wildman–Crippen LogP) is 2.72. The second-order valence-corrected chi connectivity index (χ2v) is 7.64. The van der Waals surface area contributed by atoms with Gasteiger partial charge in [0.05, 0.1) is 5.52 Å². The Morgan fingerprint density at radius 1 is 1.03 bits per heavy atom. The number of fused-ring (bicyclic) bond motifs is 1. The van der Waals surface area contributed by atoms with Gasteiger partial charge in [0.1, 0.15) is 12.1 Å². The number of aromatic amines is 2. The van der Waals surface area contributed by atoms with Gasteiger partial charge in [-0.3, -0.25) is 9.59 Å². The van der Waals surface area contributed by atoms with E-state index in [0.717, 1.165) is 26.2 Å². The smallest absolute Gasteiger partial charge is 0.329 e. The third-order valence-electron chi connectivity index (χ3n) is 4.85. The standard InChI is InChI=1S/C22H20N4O3S/c1-30-16-9-7-14(8-10-16)11-23-18(27)13-26-21(28)20-19(25-22(26)29)17(12-24-20)15-5-3-2-4-6-15/h2-10,12,24H,11,13H2,1H3,(H,23,27)(H,25,29). The van der Waals surface area contributed by atoms with Crippen molar-refractivity contribution in [2.45, 2.75) is 18.0 Å². The molecule has 1 amide bonds. The van der Waals surface area contributed by atoms with Crippen molar-refractivity contribution in [3.63, 3.8) is 0 Å². The largest absolute Gasteiger partial charge is 0.355 e. The molecule has 7 nitrogen and oxygen atoms in total. The molecule has 4 aromatic rings. The molecule has 0 saturated carbocycles. The van der Waals surface area contributed by atoms with Crippen molar-refractivity contribution < 1.29 is 4.79 Å². The Labute approximate surface area is 176 Å². The number of amides is 1.